The number of amides is 2. The smallest absolute Gasteiger partial charge is 0.338 e. The zero-order valence-corrected chi connectivity index (χ0v) is 21.4. The van der Waals surface area contributed by atoms with E-state index in [-0.39, 0.29) is 30.4 Å². The number of fused-ring (bicyclic) bond motifs is 1. The SMILES string of the molecule is COC(=O)c1cc(OCC(=O)Nc2cccc(OCC(=O)N3CCOCC3)c2)c2c(Cl)cc(Cl)cc2c1. The van der Waals surface area contributed by atoms with Gasteiger partial charge in [-0.15, -0.1) is 0 Å². The van der Waals surface area contributed by atoms with Crippen LogP contribution in [0.5, 0.6) is 11.5 Å². The third-order valence-corrected chi connectivity index (χ3v) is 6.07. The zero-order chi connectivity index (χ0) is 26.4. The van der Waals surface area contributed by atoms with Gasteiger partial charge in [-0.05, 0) is 41.8 Å². The molecule has 0 saturated carbocycles. The van der Waals surface area contributed by atoms with Gasteiger partial charge < -0.3 is 29.2 Å². The van der Waals surface area contributed by atoms with E-state index in [9.17, 15) is 14.4 Å². The maximum Gasteiger partial charge on any atom is 0.338 e. The fourth-order valence-electron chi connectivity index (χ4n) is 3.79. The molecule has 9 nitrogen and oxygen atoms in total. The Balaban J connectivity index is 1.40. The van der Waals surface area contributed by atoms with Crippen LogP contribution in [-0.2, 0) is 19.1 Å². The van der Waals surface area contributed by atoms with Crippen molar-refractivity contribution in [3.63, 3.8) is 0 Å². The lowest BCUT2D eigenvalue weighted by atomic mass is 10.1. The molecule has 0 aliphatic carbocycles. The molecule has 1 N–H and O–H groups in total. The van der Waals surface area contributed by atoms with E-state index in [2.05, 4.69) is 5.32 Å². The van der Waals surface area contributed by atoms with Gasteiger partial charge in [0.25, 0.3) is 11.8 Å². The molecule has 0 unspecified atom stereocenters. The van der Waals surface area contributed by atoms with Crippen molar-refractivity contribution in [3.05, 3.63) is 64.1 Å². The van der Waals surface area contributed by atoms with Crippen molar-refractivity contribution in [2.75, 3.05) is 51.9 Å². The molecule has 194 valence electrons. The highest BCUT2D eigenvalue weighted by Gasteiger charge is 2.18. The molecular weight excluding hydrogens is 523 g/mol. The summed E-state index contributed by atoms with van der Waals surface area (Å²) in [7, 11) is 1.27. The number of anilines is 1. The van der Waals surface area contributed by atoms with Gasteiger partial charge in [0.2, 0.25) is 0 Å². The van der Waals surface area contributed by atoms with Gasteiger partial charge in [0.1, 0.15) is 11.5 Å². The molecule has 1 heterocycles. The molecular formula is C26H24Cl2N2O7. The second-order valence-electron chi connectivity index (χ2n) is 8.10. The summed E-state index contributed by atoms with van der Waals surface area (Å²) in [6, 6.07) is 12.9. The molecule has 0 aromatic heterocycles. The van der Waals surface area contributed by atoms with Crippen LogP contribution in [-0.4, -0.2) is 69.3 Å². The summed E-state index contributed by atoms with van der Waals surface area (Å²) in [5.74, 6) is -0.499. The molecule has 1 aliphatic heterocycles. The Hall–Kier alpha value is -3.53. The second kappa shape index (κ2) is 12.1. The van der Waals surface area contributed by atoms with Crippen molar-refractivity contribution >= 4 is 57.4 Å². The van der Waals surface area contributed by atoms with Crippen molar-refractivity contribution in [1.82, 2.24) is 4.90 Å². The van der Waals surface area contributed by atoms with E-state index < -0.39 is 11.9 Å². The summed E-state index contributed by atoms with van der Waals surface area (Å²) in [4.78, 5) is 38.7. The third kappa shape index (κ3) is 6.82. The highest BCUT2D eigenvalue weighted by Crippen LogP contribution is 2.36. The number of carbonyl (C=O) groups is 3. The first kappa shape index (κ1) is 26.5. The summed E-state index contributed by atoms with van der Waals surface area (Å²) in [6.07, 6.45) is 0. The van der Waals surface area contributed by atoms with Crippen LogP contribution in [0.4, 0.5) is 5.69 Å². The van der Waals surface area contributed by atoms with Crippen LogP contribution in [0.2, 0.25) is 10.0 Å². The second-order valence-corrected chi connectivity index (χ2v) is 8.94. The first-order valence-corrected chi connectivity index (χ1v) is 12.1. The molecule has 0 radical (unpaired) electrons. The molecule has 0 bridgehead atoms. The average molecular weight is 547 g/mol. The molecule has 11 heteroatoms. The minimum atomic E-state index is -0.573. The summed E-state index contributed by atoms with van der Waals surface area (Å²) in [5, 5.41) is 4.49. The Kier molecular flexibility index (Phi) is 8.70. The minimum absolute atomic E-state index is 0.116. The monoisotopic (exact) mass is 546 g/mol. The predicted molar refractivity (Wildman–Crippen MR) is 139 cm³/mol. The lowest BCUT2D eigenvalue weighted by Gasteiger charge is -2.26. The molecule has 1 fully saturated rings. The first-order chi connectivity index (χ1) is 17.8. The normalized spacial score (nSPS) is 13.2. The quantitative estimate of drug-likeness (QED) is 0.422. The summed E-state index contributed by atoms with van der Waals surface area (Å²) in [6.45, 7) is 1.62. The van der Waals surface area contributed by atoms with Crippen LogP contribution in [0.3, 0.4) is 0 Å². The van der Waals surface area contributed by atoms with Crippen LogP contribution < -0.4 is 14.8 Å². The molecule has 37 heavy (non-hydrogen) atoms. The number of ether oxygens (including phenoxy) is 4. The summed E-state index contributed by atoms with van der Waals surface area (Å²) in [5.41, 5.74) is 0.683. The molecule has 0 atom stereocenters. The van der Waals surface area contributed by atoms with Gasteiger partial charge in [-0.25, -0.2) is 4.79 Å². The van der Waals surface area contributed by atoms with E-state index in [0.29, 0.717) is 58.6 Å². The molecule has 1 saturated heterocycles. The first-order valence-electron chi connectivity index (χ1n) is 11.4. The molecule has 3 aromatic rings. The largest absolute Gasteiger partial charge is 0.484 e. The number of nitrogens with zero attached hydrogens (tertiary/aromatic N) is 1. The van der Waals surface area contributed by atoms with Crippen molar-refractivity contribution in [3.8, 4) is 11.5 Å². The van der Waals surface area contributed by atoms with E-state index in [1.165, 1.54) is 13.2 Å². The summed E-state index contributed by atoms with van der Waals surface area (Å²) < 4.78 is 21.4. The fourth-order valence-corrected chi connectivity index (χ4v) is 4.39. The summed E-state index contributed by atoms with van der Waals surface area (Å²) >= 11 is 12.5. The Morgan fingerprint density at radius 3 is 2.54 bits per heavy atom. The van der Waals surface area contributed by atoms with Gasteiger partial charge in [-0.3, -0.25) is 9.59 Å². The van der Waals surface area contributed by atoms with Crippen molar-refractivity contribution < 1.29 is 33.3 Å². The van der Waals surface area contributed by atoms with Gasteiger partial charge in [0.15, 0.2) is 13.2 Å². The molecule has 0 spiro atoms. The number of rotatable bonds is 8. The highest BCUT2D eigenvalue weighted by molar-refractivity contribution is 6.39. The van der Waals surface area contributed by atoms with Crippen LogP contribution in [0.1, 0.15) is 10.4 Å². The topological polar surface area (TPSA) is 103 Å². The standard InChI is InChI=1S/C26H24Cl2N2O7/c1-34-26(33)17-9-16-10-18(27)12-21(28)25(16)22(11-17)37-14-23(31)29-19-3-2-4-20(13-19)36-15-24(32)30-5-7-35-8-6-30/h2-4,9-13H,5-8,14-15H2,1H3,(H,29,31). The zero-order valence-electron chi connectivity index (χ0n) is 19.9. The number of halogens is 2. The number of hydrogen-bond acceptors (Lipinski definition) is 7. The predicted octanol–water partition coefficient (Wildman–Crippen LogP) is 4.19. The maximum atomic E-state index is 12.6. The average Bonchev–Trinajstić information content (AvgIpc) is 2.90. The van der Waals surface area contributed by atoms with Crippen molar-refractivity contribution in [2.45, 2.75) is 0 Å². The van der Waals surface area contributed by atoms with Crippen molar-refractivity contribution in [1.29, 1.82) is 0 Å². The van der Waals surface area contributed by atoms with Crippen molar-refractivity contribution in [2.24, 2.45) is 0 Å². The number of carbonyl (C=O) groups excluding carboxylic acids is 3. The van der Waals surface area contributed by atoms with Gasteiger partial charge in [0.05, 0.1) is 30.9 Å². The van der Waals surface area contributed by atoms with Crippen LogP contribution >= 0.6 is 23.2 Å². The maximum absolute atomic E-state index is 12.6. The third-order valence-electron chi connectivity index (χ3n) is 5.55. The number of hydrogen-bond donors (Lipinski definition) is 1. The van der Waals surface area contributed by atoms with Gasteiger partial charge >= 0.3 is 5.97 Å². The number of benzene rings is 3. The Bertz CT molecular complexity index is 1330. The molecule has 2 amide bonds. The van der Waals surface area contributed by atoms with Crippen LogP contribution in [0.25, 0.3) is 10.8 Å². The Labute approximate surface area is 223 Å². The minimum Gasteiger partial charge on any atom is -0.484 e. The molecule has 1 aliphatic rings. The fraction of sp³-hybridized carbons (Fsp3) is 0.269. The molecule has 3 aromatic carbocycles. The Morgan fingerprint density at radius 2 is 1.78 bits per heavy atom. The lowest BCUT2D eigenvalue weighted by Crippen LogP contribution is -2.42. The van der Waals surface area contributed by atoms with Gasteiger partial charge in [-0.2, -0.15) is 0 Å². The van der Waals surface area contributed by atoms with E-state index in [4.69, 9.17) is 42.1 Å². The van der Waals surface area contributed by atoms with E-state index in [0.717, 1.165) is 0 Å². The van der Waals surface area contributed by atoms with Crippen LogP contribution in [0, 0.1) is 0 Å². The number of morpholine rings is 1. The lowest BCUT2D eigenvalue weighted by molar-refractivity contribution is -0.137. The van der Waals surface area contributed by atoms with E-state index in [1.807, 2.05) is 0 Å². The number of esters is 1. The van der Waals surface area contributed by atoms with E-state index >= 15 is 0 Å². The van der Waals surface area contributed by atoms with Gasteiger partial charge in [-0.1, -0.05) is 29.3 Å². The number of nitrogens with one attached hydrogen (secondary N) is 1. The molecule has 4 rings (SSSR count). The number of methoxy groups -OCH3 is 1. The van der Waals surface area contributed by atoms with Gasteiger partial charge in [0, 0.05) is 35.3 Å². The Morgan fingerprint density at radius 1 is 1.00 bits per heavy atom. The van der Waals surface area contributed by atoms with E-state index in [1.54, 1.807) is 47.4 Å². The van der Waals surface area contributed by atoms with Crippen LogP contribution in [0.15, 0.2) is 48.5 Å². The highest BCUT2D eigenvalue weighted by atomic mass is 35.5.